The number of furan rings is 1. The van der Waals surface area contributed by atoms with Crippen LogP contribution in [0.15, 0.2) is 174 Å². The molecule has 262 valence electrons. The summed E-state index contributed by atoms with van der Waals surface area (Å²) in [5.74, 6) is 0. The monoisotopic (exact) mass is 715 g/mol. The molecule has 2 aromatic heterocycles. The van der Waals surface area contributed by atoms with Gasteiger partial charge in [-0.1, -0.05) is 123 Å². The third-order valence-corrected chi connectivity index (χ3v) is 12.9. The van der Waals surface area contributed by atoms with E-state index >= 15 is 0 Å². The number of nitrogens with zero attached hydrogens (tertiary/aromatic N) is 3. The molecule has 0 radical (unpaired) electrons. The molecule has 0 fully saturated rings. The van der Waals surface area contributed by atoms with Gasteiger partial charge in [-0.25, -0.2) is 0 Å². The van der Waals surface area contributed by atoms with E-state index in [0.29, 0.717) is 0 Å². The molecule has 0 bridgehead atoms. The largest absolute Gasteiger partial charge is 0.456 e. The van der Waals surface area contributed by atoms with E-state index in [1.54, 1.807) is 0 Å². The van der Waals surface area contributed by atoms with Crippen molar-refractivity contribution in [2.75, 3.05) is 9.71 Å². The Morgan fingerprint density at radius 1 is 0.500 bits per heavy atom. The zero-order chi connectivity index (χ0) is 36.9. The molecule has 4 nitrogen and oxygen atoms in total. The quantitative estimate of drug-likeness (QED) is 0.167. The third-order valence-electron chi connectivity index (χ3n) is 12.9. The predicted octanol–water partition coefficient (Wildman–Crippen LogP) is 12.0. The van der Waals surface area contributed by atoms with Crippen LogP contribution in [0, 0.1) is 0 Å². The molecule has 0 N–H and O–H groups in total. The van der Waals surface area contributed by atoms with E-state index in [1.165, 1.54) is 77.7 Å². The zero-order valence-corrected chi connectivity index (χ0v) is 31.0. The number of benzene rings is 8. The Balaban J connectivity index is 1.25. The SMILES string of the molecule is CC1(C)c2ccccc2N(c2cc3c4c5c2c2ccccc2n5-c2ccccc2B4N(c2ccccc2)c2cc4oc5ccccc5c4cc2-3)c2ccccc21. The fraction of sp³-hybridized carbons (Fsp3) is 0.0588. The van der Waals surface area contributed by atoms with Crippen molar-refractivity contribution in [3.05, 3.63) is 181 Å². The molecule has 5 heterocycles. The number of hydrogen-bond donors (Lipinski definition) is 0. The first-order chi connectivity index (χ1) is 27.6. The van der Waals surface area contributed by atoms with Gasteiger partial charge in [-0.2, -0.15) is 0 Å². The van der Waals surface area contributed by atoms with Crippen LogP contribution in [0.2, 0.25) is 0 Å². The second kappa shape index (κ2) is 10.6. The first kappa shape index (κ1) is 30.4. The lowest BCUT2D eigenvalue weighted by molar-refractivity contribution is 0.632. The minimum absolute atomic E-state index is 0.0776. The molecule has 3 aliphatic heterocycles. The summed E-state index contributed by atoms with van der Waals surface area (Å²) < 4.78 is 9.19. The summed E-state index contributed by atoms with van der Waals surface area (Å²) in [6, 6.07) is 62.7. The van der Waals surface area contributed by atoms with Crippen LogP contribution in [-0.2, 0) is 5.41 Å². The van der Waals surface area contributed by atoms with Gasteiger partial charge in [-0.15, -0.1) is 0 Å². The van der Waals surface area contributed by atoms with Crippen molar-refractivity contribution in [1.29, 1.82) is 0 Å². The summed E-state index contributed by atoms with van der Waals surface area (Å²) in [5.41, 5.74) is 19.0. The molecule has 5 heteroatoms. The summed E-state index contributed by atoms with van der Waals surface area (Å²) in [4.78, 5) is 5.13. The molecule has 0 saturated heterocycles. The predicted molar refractivity (Wildman–Crippen MR) is 234 cm³/mol. The van der Waals surface area contributed by atoms with E-state index in [1.807, 2.05) is 0 Å². The van der Waals surface area contributed by atoms with Gasteiger partial charge in [0.1, 0.15) is 11.2 Å². The maximum Gasteiger partial charge on any atom is 0.333 e. The van der Waals surface area contributed by atoms with Crippen molar-refractivity contribution in [3.63, 3.8) is 0 Å². The van der Waals surface area contributed by atoms with E-state index < -0.39 is 0 Å². The molecule has 3 aliphatic rings. The van der Waals surface area contributed by atoms with Gasteiger partial charge in [-0.3, -0.25) is 0 Å². The van der Waals surface area contributed by atoms with E-state index in [2.05, 4.69) is 198 Å². The average molecular weight is 716 g/mol. The molecule has 8 aromatic carbocycles. The van der Waals surface area contributed by atoms with Crippen LogP contribution < -0.4 is 20.6 Å². The minimum atomic E-state index is -0.169. The lowest BCUT2D eigenvalue weighted by Gasteiger charge is -2.44. The smallest absolute Gasteiger partial charge is 0.333 e. The summed E-state index contributed by atoms with van der Waals surface area (Å²) in [7, 11) is 0. The topological polar surface area (TPSA) is 24.6 Å². The van der Waals surface area contributed by atoms with Crippen LogP contribution in [0.1, 0.15) is 25.0 Å². The molecule has 0 atom stereocenters. The standard InChI is InChI=1S/C51H34BN3O/c1-51(2)37-20-8-12-24-41(37)53(42-25-13-9-21-38(42)51)45-29-36-34-28-35-32-18-7-15-27-46(32)56-47(35)30-44(34)55(31-16-4-3-5-17-31)52-39-22-10-14-26-43(39)54-40-23-11-6-19-33(40)48(45)50(54)49(36)52/h3-30H,1-2H3. The normalized spacial score (nSPS) is 14.6. The fourth-order valence-electron chi connectivity index (χ4n) is 10.6. The third kappa shape index (κ3) is 3.70. The molecule has 0 unspecified atom stereocenters. The lowest BCUT2D eigenvalue weighted by atomic mass is 9.44. The molecule has 56 heavy (non-hydrogen) atoms. The van der Waals surface area contributed by atoms with Gasteiger partial charge in [0.05, 0.1) is 28.1 Å². The highest BCUT2D eigenvalue weighted by atomic mass is 16.3. The van der Waals surface area contributed by atoms with Crippen molar-refractivity contribution in [2.45, 2.75) is 19.3 Å². The van der Waals surface area contributed by atoms with Gasteiger partial charge >= 0.3 is 6.85 Å². The van der Waals surface area contributed by atoms with Crippen molar-refractivity contribution >= 4 is 90.0 Å². The van der Waals surface area contributed by atoms with Gasteiger partial charge in [-0.05, 0) is 82.2 Å². The van der Waals surface area contributed by atoms with Crippen LogP contribution in [0.5, 0.6) is 0 Å². The number of rotatable bonds is 2. The maximum atomic E-state index is 6.63. The van der Waals surface area contributed by atoms with E-state index in [0.717, 1.165) is 33.3 Å². The summed E-state index contributed by atoms with van der Waals surface area (Å²) in [6.45, 7) is 4.65. The Labute approximate surface area is 324 Å². The Kier molecular flexibility index (Phi) is 5.76. The van der Waals surface area contributed by atoms with Gasteiger partial charge in [0, 0.05) is 55.7 Å². The van der Waals surface area contributed by atoms with Crippen LogP contribution in [-0.4, -0.2) is 11.4 Å². The fourth-order valence-corrected chi connectivity index (χ4v) is 10.6. The molecule has 0 amide bonds. The summed E-state index contributed by atoms with van der Waals surface area (Å²) in [6.07, 6.45) is 0. The molecule has 0 saturated carbocycles. The van der Waals surface area contributed by atoms with E-state index in [-0.39, 0.29) is 12.3 Å². The highest BCUT2D eigenvalue weighted by molar-refractivity contribution is 6.93. The second-order valence-corrected chi connectivity index (χ2v) is 16.1. The van der Waals surface area contributed by atoms with Crippen LogP contribution >= 0.6 is 0 Å². The number of hydrogen-bond acceptors (Lipinski definition) is 3. The highest BCUT2D eigenvalue weighted by Crippen LogP contribution is 2.56. The van der Waals surface area contributed by atoms with Crippen molar-refractivity contribution in [2.24, 2.45) is 0 Å². The Morgan fingerprint density at radius 3 is 1.93 bits per heavy atom. The lowest BCUT2D eigenvalue weighted by Crippen LogP contribution is -2.60. The van der Waals surface area contributed by atoms with Gasteiger partial charge in [0.25, 0.3) is 0 Å². The molecular formula is C51H34BN3O. The minimum Gasteiger partial charge on any atom is -0.456 e. The van der Waals surface area contributed by atoms with Crippen LogP contribution in [0.4, 0.5) is 28.4 Å². The van der Waals surface area contributed by atoms with Crippen molar-refractivity contribution in [3.8, 4) is 16.8 Å². The second-order valence-electron chi connectivity index (χ2n) is 16.1. The number of anilines is 5. The Hall–Kier alpha value is -6.98. The van der Waals surface area contributed by atoms with Crippen molar-refractivity contribution in [1.82, 2.24) is 4.57 Å². The first-order valence-corrected chi connectivity index (χ1v) is 19.6. The number of aromatic nitrogens is 1. The molecular weight excluding hydrogens is 681 g/mol. The van der Waals surface area contributed by atoms with Crippen LogP contribution in [0.3, 0.4) is 0 Å². The van der Waals surface area contributed by atoms with Gasteiger partial charge in [0.2, 0.25) is 0 Å². The average Bonchev–Trinajstić information content (AvgIpc) is 3.79. The summed E-state index contributed by atoms with van der Waals surface area (Å²) in [5, 5.41) is 4.79. The van der Waals surface area contributed by atoms with Gasteiger partial charge < -0.3 is 18.7 Å². The molecule has 0 aliphatic carbocycles. The summed E-state index contributed by atoms with van der Waals surface area (Å²) >= 11 is 0. The van der Waals surface area contributed by atoms with Crippen molar-refractivity contribution < 1.29 is 4.42 Å². The Bertz CT molecular complexity index is 3270. The van der Waals surface area contributed by atoms with E-state index in [9.17, 15) is 0 Å². The maximum absolute atomic E-state index is 6.63. The molecule has 10 aromatic rings. The highest BCUT2D eigenvalue weighted by Gasteiger charge is 2.46. The van der Waals surface area contributed by atoms with Crippen LogP contribution in [0.25, 0.3) is 60.6 Å². The molecule has 13 rings (SSSR count). The van der Waals surface area contributed by atoms with Gasteiger partial charge in [0.15, 0.2) is 0 Å². The van der Waals surface area contributed by atoms with E-state index in [4.69, 9.17) is 4.42 Å². The number of fused-ring (bicyclic) bond motifs is 13. The first-order valence-electron chi connectivity index (χ1n) is 19.6. The Morgan fingerprint density at radius 2 is 1.14 bits per heavy atom. The molecule has 0 spiro atoms. The zero-order valence-electron chi connectivity index (χ0n) is 31.0. The number of para-hydroxylation sites is 6.